The molecule has 5 rings (SSSR count). The van der Waals surface area contributed by atoms with Crippen LogP contribution in [0.4, 0.5) is 0 Å². The molecule has 36 heavy (non-hydrogen) atoms. The molecular weight excluding hydrogens is 478 g/mol. The van der Waals surface area contributed by atoms with Crippen molar-refractivity contribution in [3.05, 3.63) is 76.2 Å². The molecular formula is C26H27N5O4S. The molecule has 1 aliphatic rings. The van der Waals surface area contributed by atoms with Crippen LogP contribution in [-0.4, -0.2) is 70.2 Å². The summed E-state index contributed by atoms with van der Waals surface area (Å²) in [7, 11) is 1.62. The number of hydrogen-bond donors (Lipinski definition) is 0. The maximum absolute atomic E-state index is 12.7. The Morgan fingerprint density at radius 1 is 1.06 bits per heavy atom. The zero-order valence-electron chi connectivity index (χ0n) is 20.2. The summed E-state index contributed by atoms with van der Waals surface area (Å²) in [5.41, 5.74) is 2.37. The summed E-state index contributed by atoms with van der Waals surface area (Å²) >= 11 is 1.37. The van der Waals surface area contributed by atoms with E-state index in [1.54, 1.807) is 7.11 Å². The predicted molar refractivity (Wildman–Crippen MR) is 138 cm³/mol. The van der Waals surface area contributed by atoms with E-state index in [4.69, 9.17) is 9.47 Å². The third kappa shape index (κ3) is 5.24. The van der Waals surface area contributed by atoms with E-state index >= 15 is 0 Å². The zero-order chi connectivity index (χ0) is 25.1. The van der Waals surface area contributed by atoms with Crippen molar-refractivity contribution in [2.45, 2.75) is 13.5 Å². The van der Waals surface area contributed by atoms with Gasteiger partial charge in [-0.1, -0.05) is 41.7 Å². The fraction of sp³-hybridized carbons (Fsp3) is 0.308. The molecule has 2 aromatic carbocycles. The molecule has 1 amide bonds. The van der Waals surface area contributed by atoms with Gasteiger partial charge in [0.2, 0.25) is 4.96 Å². The highest BCUT2D eigenvalue weighted by Gasteiger charge is 2.22. The van der Waals surface area contributed by atoms with Crippen LogP contribution < -0.4 is 15.0 Å². The molecule has 9 nitrogen and oxygen atoms in total. The quantitative estimate of drug-likeness (QED) is 0.382. The number of carbonyl (C=O) groups is 1. The van der Waals surface area contributed by atoms with Crippen LogP contribution in [0.3, 0.4) is 0 Å². The average Bonchev–Trinajstić information content (AvgIpc) is 3.33. The van der Waals surface area contributed by atoms with Crippen LogP contribution in [0.2, 0.25) is 0 Å². The number of aryl methyl sites for hydroxylation is 1. The topological polar surface area (TPSA) is 89.3 Å². The van der Waals surface area contributed by atoms with Crippen LogP contribution in [0.25, 0.3) is 15.5 Å². The van der Waals surface area contributed by atoms with Crippen molar-refractivity contribution in [3.63, 3.8) is 0 Å². The first-order chi connectivity index (χ1) is 17.5. The van der Waals surface area contributed by atoms with E-state index in [2.05, 4.69) is 15.0 Å². The molecule has 0 unspecified atom stereocenters. The number of methoxy groups -OCH3 is 1. The minimum atomic E-state index is -0.206. The zero-order valence-corrected chi connectivity index (χ0v) is 21.0. The smallest absolute Gasteiger partial charge is 0.275 e. The van der Waals surface area contributed by atoms with Gasteiger partial charge in [-0.25, -0.2) is 4.98 Å². The number of benzene rings is 2. The van der Waals surface area contributed by atoms with Gasteiger partial charge in [-0.05, 0) is 30.7 Å². The Balaban J connectivity index is 1.20. The maximum atomic E-state index is 12.7. The van der Waals surface area contributed by atoms with E-state index in [-0.39, 0.29) is 18.1 Å². The van der Waals surface area contributed by atoms with Gasteiger partial charge in [-0.15, -0.1) is 0 Å². The largest absolute Gasteiger partial charge is 0.497 e. The molecule has 0 spiro atoms. The van der Waals surface area contributed by atoms with Gasteiger partial charge in [0.15, 0.2) is 6.61 Å². The van der Waals surface area contributed by atoms with Crippen LogP contribution >= 0.6 is 11.3 Å². The van der Waals surface area contributed by atoms with Crippen molar-refractivity contribution < 1.29 is 14.3 Å². The molecule has 1 fully saturated rings. The maximum Gasteiger partial charge on any atom is 0.275 e. The van der Waals surface area contributed by atoms with Gasteiger partial charge in [0.1, 0.15) is 16.5 Å². The van der Waals surface area contributed by atoms with E-state index in [1.165, 1.54) is 21.9 Å². The Morgan fingerprint density at radius 2 is 1.86 bits per heavy atom. The number of nitrogens with zero attached hydrogens (tertiary/aromatic N) is 5. The highest BCUT2D eigenvalue weighted by Crippen LogP contribution is 2.27. The number of amides is 1. The van der Waals surface area contributed by atoms with Gasteiger partial charge in [0.25, 0.3) is 11.5 Å². The lowest BCUT2D eigenvalue weighted by molar-refractivity contribution is -0.135. The van der Waals surface area contributed by atoms with Gasteiger partial charge >= 0.3 is 0 Å². The number of para-hydroxylation sites is 1. The lowest BCUT2D eigenvalue weighted by Gasteiger charge is -2.34. The first-order valence-corrected chi connectivity index (χ1v) is 12.5. The molecule has 3 heterocycles. The second kappa shape index (κ2) is 10.5. The summed E-state index contributed by atoms with van der Waals surface area (Å²) in [6.07, 6.45) is 0. The van der Waals surface area contributed by atoms with Crippen LogP contribution in [0.15, 0.2) is 59.4 Å². The molecule has 0 aliphatic carbocycles. The van der Waals surface area contributed by atoms with Crippen molar-refractivity contribution in [1.29, 1.82) is 0 Å². The van der Waals surface area contributed by atoms with Crippen molar-refractivity contribution in [3.8, 4) is 22.1 Å². The van der Waals surface area contributed by atoms with E-state index in [0.29, 0.717) is 48.4 Å². The van der Waals surface area contributed by atoms with Crippen molar-refractivity contribution in [2.24, 2.45) is 0 Å². The monoisotopic (exact) mass is 505 g/mol. The highest BCUT2D eigenvalue weighted by molar-refractivity contribution is 7.19. The van der Waals surface area contributed by atoms with Gasteiger partial charge in [-0.2, -0.15) is 9.61 Å². The van der Waals surface area contributed by atoms with E-state index in [1.807, 2.05) is 60.4 Å². The van der Waals surface area contributed by atoms with Gasteiger partial charge in [0.05, 0.1) is 12.8 Å². The van der Waals surface area contributed by atoms with Crippen LogP contribution in [0.5, 0.6) is 11.5 Å². The molecule has 4 aromatic rings. The van der Waals surface area contributed by atoms with Crippen molar-refractivity contribution in [2.75, 3.05) is 39.9 Å². The first kappa shape index (κ1) is 24.0. The molecule has 0 N–H and O–H groups in total. The average molecular weight is 506 g/mol. The second-order valence-corrected chi connectivity index (χ2v) is 9.59. The molecule has 1 saturated heterocycles. The summed E-state index contributed by atoms with van der Waals surface area (Å²) in [5, 5.41) is 5.16. The lowest BCUT2D eigenvalue weighted by Crippen LogP contribution is -2.49. The molecule has 2 aromatic heterocycles. The summed E-state index contributed by atoms with van der Waals surface area (Å²) in [5.74, 6) is 1.44. The van der Waals surface area contributed by atoms with Gasteiger partial charge in [-0.3, -0.25) is 14.5 Å². The van der Waals surface area contributed by atoms with Gasteiger partial charge < -0.3 is 14.4 Å². The summed E-state index contributed by atoms with van der Waals surface area (Å²) < 4.78 is 12.3. The molecule has 1 aliphatic heterocycles. The molecule has 0 saturated carbocycles. The SMILES string of the molecule is COc1cccc(-c2nn3c(=O)cc(CN4CCN(C(=O)COc5ccccc5C)CC4)nc3s2)c1. The normalized spacial score (nSPS) is 14.2. The number of ether oxygens (including phenoxy) is 2. The number of aromatic nitrogens is 3. The number of fused-ring (bicyclic) bond motifs is 1. The number of hydrogen-bond acceptors (Lipinski definition) is 8. The molecule has 0 atom stereocenters. The van der Waals surface area contributed by atoms with Crippen LogP contribution in [0.1, 0.15) is 11.3 Å². The number of rotatable bonds is 7. The minimum absolute atomic E-state index is 0.0228. The first-order valence-electron chi connectivity index (χ1n) is 11.7. The lowest BCUT2D eigenvalue weighted by atomic mass is 10.2. The Labute approximate surface area is 212 Å². The Hall–Kier alpha value is -3.76. The second-order valence-electron chi connectivity index (χ2n) is 8.63. The van der Waals surface area contributed by atoms with Gasteiger partial charge in [0, 0.05) is 44.4 Å². The van der Waals surface area contributed by atoms with E-state index in [9.17, 15) is 9.59 Å². The fourth-order valence-electron chi connectivity index (χ4n) is 4.14. The Kier molecular flexibility index (Phi) is 6.97. The molecule has 186 valence electrons. The number of piperazine rings is 1. The van der Waals surface area contributed by atoms with Crippen LogP contribution in [-0.2, 0) is 11.3 Å². The Morgan fingerprint density at radius 3 is 2.64 bits per heavy atom. The van der Waals surface area contributed by atoms with E-state index in [0.717, 1.165) is 22.6 Å². The van der Waals surface area contributed by atoms with E-state index < -0.39 is 0 Å². The predicted octanol–water partition coefficient (Wildman–Crippen LogP) is 2.86. The van der Waals surface area contributed by atoms with Crippen molar-refractivity contribution in [1.82, 2.24) is 24.4 Å². The summed E-state index contributed by atoms with van der Waals surface area (Å²) in [6.45, 7) is 5.15. The summed E-state index contributed by atoms with van der Waals surface area (Å²) in [4.78, 5) is 34.6. The third-order valence-corrected chi connectivity index (χ3v) is 7.13. The standard InChI is InChI=1S/C26H27N5O4S/c1-18-6-3-4-9-22(18)35-17-24(33)30-12-10-29(11-13-30)16-20-15-23(32)31-26(27-20)36-25(28-31)19-7-5-8-21(14-19)34-2/h3-9,14-15H,10-13,16-17H2,1-2H3. The summed E-state index contributed by atoms with van der Waals surface area (Å²) in [6, 6.07) is 16.8. The highest BCUT2D eigenvalue weighted by atomic mass is 32.1. The fourth-order valence-corrected chi connectivity index (χ4v) is 5.06. The van der Waals surface area contributed by atoms with Crippen LogP contribution in [0, 0.1) is 6.92 Å². The number of carbonyl (C=O) groups excluding carboxylic acids is 1. The molecule has 0 radical (unpaired) electrons. The van der Waals surface area contributed by atoms with Crippen molar-refractivity contribution >= 4 is 22.2 Å². The Bertz CT molecular complexity index is 1440. The third-order valence-electron chi connectivity index (χ3n) is 6.17. The molecule has 0 bridgehead atoms. The minimum Gasteiger partial charge on any atom is -0.497 e. The molecule has 10 heteroatoms.